The predicted molar refractivity (Wildman–Crippen MR) is 96.5 cm³/mol. The van der Waals surface area contributed by atoms with Crippen LogP contribution in [0.4, 0.5) is 0 Å². The zero-order valence-corrected chi connectivity index (χ0v) is 14.7. The molecule has 0 saturated heterocycles. The highest BCUT2D eigenvalue weighted by Gasteiger charge is 2.06. The van der Waals surface area contributed by atoms with E-state index < -0.39 is 0 Å². The molecule has 1 amide bonds. The molecule has 0 aliphatic rings. The maximum Gasteiger partial charge on any atom is 0.305 e. The Morgan fingerprint density at radius 2 is 1.92 bits per heavy atom. The first-order valence-electron chi connectivity index (χ1n) is 8.23. The molecule has 132 valence electrons. The third-order valence-electron chi connectivity index (χ3n) is 3.55. The largest absolute Gasteiger partial charge is 0.466 e. The second-order valence-corrected chi connectivity index (χ2v) is 5.99. The monoisotopic (exact) mass is 360 g/mol. The number of nitrogens with zero attached hydrogens (tertiary/aromatic N) is 1. The lowest BCUT2D eigenvalue weighted by molar-refractivity contribution is -0.143. The molecular weight excluding hydrogens is 340 g/mol. The molecule has 2 aromatic rings. The molecule has 0 radical (unpaired) electrons. The van der Waals surface area contributed by atoms with Gasteiger partial charge < -0.3 is 10.1 Å². The third kappa shape index (κ3) is 7.35. The van der Waals surface area contributed by atoms with E-state index in [1.165, 1.54) is 0 Å². The standard InChI is InChI=1S/C19H21ClN2O3/c20-17-9-7-16(8-10-17)19(24)22-12-2-6-18(23)25-13-3-5-15-4-1-11-21-14-15/h1,4,7-11,14H,2-3,5-6,12-13H2,(H,22,24). The number of esters is 1. The molecule has 0 aliphatic heterocycles. The highest BCUT2D eigenvalue weighted by Crippen LogP contribution is 2.09. The van der Waals surface area contributed by atoms with Crippen molar-refractivity contribution < 1.29 is 14.3 Å². The van der Waals surface area contributed by atoms with E-state index in [4.69, 9.17) is 16.3 Å². The number of aryl methyl sites for hydroxylation is 1. The van der Waals surface area contributed by atoms with Crippen LogP contribution in [-0.2, 0) is 16.0 Å². The molecule has 0 fully saturated rings. The van der Waals surface area contributed by atoms with Crippen molar-refractivity contribution in [2.75, 3.05) is 13.2 Å². The molecule has 5 nitrogen and oxygen atoms in total. The molecule has 2 rings (SSSR count). The number of rotatable bonds is 9. The number of hydrogen-bond donors (Lipinski definition) is 1. The average molecular weight is 361 g/mol. The maximum atomic E-state index is 11.9. The first-order valence-corrected chi connectivity index (χ1v) is 8.61. The summed E-state index contributed by atoms with van der Waals surface area (Å²) in [5, 5.41) is 3.35. The molecular formula is C19H21ClN2O3. The number of nitrogens with one attached hydrogen (secondary N) is 1. The Morgan fingerprint density at radius 3 is 2.64 bits per heavy atom. The lowest BCUT2D eigenvalue weighted by Crippen LogP contribution is -2.25. The number of carbonyl (C=O) groups excluding carboxylic acids is 2. The molecule has 0 saturated carbocycles. The third-order valence-corrected chi connectivity index (χ3v) is 3.80. The number of benzene rings is 1. The van der Waals surface area contributed by atoms with Crippen LogP contribution in [0.1, 0.15) is 35.2 Å². The number of halogens is 1. The van der Waals surface area contributed by atoms with E-state index in [0.29, 0.717) is 30.2 Å². The Morgan fingerprint density at radius 1 is 1.12 bits per heavy atom. The quantitative estimate of drug-likeness (QED) is 0.549. The normalized spacial score (nSPS) is 10.3. The molecule has 0 unspecified atom stereocenters. The van der Waals surface area contributed by atoms with Gasteiger partial charge in [0.25, 0.3) is 5.91 Å². The fourth-order valence-electron chi connectivity index (χ4n) is 2.22. The Bertz CT molecular complexity index is 675. The highest BCUT2D eigenvalue weighted by atomic mass is 35.5. The SMILES string of the molecule is O=C(CCCNC(=O)c1ccc(Cl)cc1)OCCCc1cccnc1. The van der Waals surface area contributed by atoms with Crippen LogP contribution in [-0.4, -0.2) is 30.0 Å². The number of amides is 1. The van der Waals surface area contributed by atoms with Crippen LogP contribution in [0.2, 0.25) is 5.02 Å². The van der Waals surface area contributed by atoms with Crippen LogP contribution in [0.5, 0.6) is 0 Å². The van der Waals surface area contributed by atoms with Gasteiger partial charge in [0.05, 0.1) is 6.61 Å². The van der Waals surface area contributed by atoms with E-state index in [2.05, 4.69) is 10.3 Å². The van der Waals surface area contributed by atoms with Gasteiger partial charge in [-0.25, -0.2) is 0 Å². The van der Waals surface area contributed by atoms with Gasteiger partial charge in [0, 0.05) is 35.9 Å². The summed E-state index contributed by atoms with van der Waals surface area (Å²) >= 11 is 5.78. The highest BCUT2D eigenvalue weighted by molar-refractivity contribution is 6.30. The summed E-state index contributed by atoms with van der Waals surface area (Å²) in [5.41, 5.74) is 1.67. The van der Waals surface area contributed by atoms with Crippen molar-refractivity contribution in [2.45, 2.75) is 25.7 Å². The van der Waals surface area contributed by atoms with E-state index >= 15 is 0 Å². The summed E-state index contributed by atoms with van der Waals surface area (Å²) in [6.45, 7) is 0.817. The number of pyridine rings is 1. The van der Waals surface area contributed by atoms with Gasteiger partial charge in [0.2, 0.25) is 0 Å². The smallest absolute Gasteiger partial charge is 0.305 e. The zero-order chi connectivity index (χ0) is 17.9. The molecule has 1 aromatic heterocycles. The van der Waals surface area contributed by atoms with Gasteiger partial charge in [0.1, 0.15) is 0 Å². The number of carbonyl (C=O) groups is 2. The van der Waals surface area contributed by atoms with Gasteiger partial charge in [-0.3, -0.25) is 14.6 Å². The summed E-state index contributed by atoms with van der Waals surface area (Å²) in [4.78, 5) is 27.6. The summed E-state index contributed by atoms with van der Waals surface area (Å²) in [5.74, 6) is -0.423. The Hall–Kier alpha value is -2.40. The average Bonchev–Trinajstić information content (AvgIpc) is 2.63. The van der Waals surface area contributed by atoms with Gasteiger partial charge in [0.15, 0.2) is 0 Å². The van der Waals surface area contributed by atoms with E-state index in [0.717, 1.165) is 18.4 Å². The molecule has 0 spiro atoms. The second-order valence-electron chi connectivity index (χ2n) is 5.55. The molecule has 0 bridgehead atoms. The minimum absolute atomic E-state index is 0.179. The first kappa shape index (κ1) is 18.9. The fraction of sp³-hybridized carbons (Fsp3) is 0.316. The fourth-order valence-corrected chi connectivity index (χ4v) is 2.34. The molecule has 6 heteroatoms. The summed E-state index contributed by atoms with van der Waals surface area (Å²) in [6.07, 6.45) is 5.97. The topological polar surface area (TPSA) is 68.3 Å². The van der Waals surface area contributed by atoms with Crippen LogP contribution in [0, 0.1) is 0 Å². The molecule has 25 heavy (non-hydrogen) atoms. The molecule has 1 heterocycles. The van der Waals surface area contributed by atoms with Gasteiger partial charge in [-0.2, -0.15) is 0 Å². The van der Waals surface area contributed by atoms with Crippen molar-refractivity contribution in [3.8, 4) is 0 Å². The molecule has 1 aromatic carbocycles. The minimum atomic E-state index is -0.244. The lowest BCUT2D eigenvalue weighted by Gasteiger charge is -2.06. The summed E-state index contributed by atoms with van der Waals surface area (Å²) in [7, 11) is 0. The van der Waals surface area contributed by atoms with Crippen LogP contribution in [0.3, 0.4) is 0 Å². The van der Waals surface area contributed by atoms with E-state index in [-0.39, 0.29) is 18.3 Å². The van der Waals surface area contributed by atoms with Gasteiger partial charge in [-0.15, -0.1) is 0 Å². The number of hydrogen-bond acceptors (Lipinski definition) is 4. The van der Waals surface area contributed by atoms with Gasteiger partial charge in [-0.05, 0) is 55.2 Å². The van der Waals surface area contributed by atoms with Crippen molar-refractivity contribution >= 4 is 23.5 Å². The molecule has 1 N–H and O–H groups in total. The minimum Gasteiger partial charge on any atom is -0.466 e. The van der Waals surface area contributed by atoms with Gasteiger partial charge in [-0.1, -0.05) is 17.7 Å². The lowest BCUT2D eigenvalue weighted by atomic mass is 10.2. The van der Waals surface area contributed by atoms with Crippen molar-refractivity contribution in [1.82, 2.24) is 10.3 Å². The predicted octanol–water partition coefficient (Wildman–Crippen LogP) is 3.42. The summed E-state index contributed by atoms with van der Waals surface area (Å²) in [6, 6.07) is 10.5. The van der Waals surface area contributed by atoms with Crippen LogP contribution >= 0.6 is 11.6 Å². The van der Waals surface area contributed by atoms with Crippen LogP contribution in [0.25, 0.3) is 0 Å². The number of ether oxygens (including phenoxy) is 1. The maximum absolute atomic E-state index is 11.9. The summed E-state index contributed by atoms with van der Waals surface area (Å²) < 4.78 is 5.18. The van der Waals surface area contributed by atoms with E-state index in [1.54, 1.807) is 30.5 Å². The molecule has 0 aliphatic carbocycles. The number of aromatic nitrogens is 1. The zero-order valence-electron chi connectivity index (χ0n) is 13.9. The van der Waals surface area contributed by atoms with E-state index in [1.807, 2.05) is 18.3 Å². The van der Waals surface area contributed by atoms with Gasteiger partial charge >= 0.3 is 5.97 Å². The van der Waals surface area contributed by atoms with Crippen LogP contribution in [0.15, 0.2) is 48.8 Å². The van der Waals surface area contributed by atoms with Crippen molar-refractivity contribution in [1.29, 1.82) is 0 Å². The second kappa shape index (κ2) is 10.5. The first-order chi connectivity index (χ1) is 12.1. The Balaban J connectivity index is 1.53. The van der Waals surface area contributed by atoms with Crippen molar-refractivity contribution in [2.24, 2.45) is 0 Å². The van der Waals surface area contributed by atoms with Crippen molar-refractivity contribution in [3.05, 3.63) is 64.9 Å². The van der Waals surface area contributed by atoms with Crippen LogP contribution < -0.4 is 5.32 Å². The molecule has 0 atom stereocenters. The van der Waals surface area contributed by atoms with Crippen molar-refractivity contribution in [3.63, 3.8) is 0 Å². The Labute approximate surface area is 152 Å². The Kier molecular flexibility index (Phi) is 7.92. The van der Waals surface area contributed by atoms with E-state index in [9.17, 15) is 9.59 Å².